The number of aromatic nitrogens is 3. The van der Waals surface area contributed by atoms with Gasteiger partial charge in [0.1, 0.15) is 0 Å². The van der Waals surface area contributed by atoms with E-state index >= 15 is 0 Å². The molecule has 0 aromatic carbocycles. The van der Waals surface area contributed by atoms with E-state index < -0.39 is 0 Å². The topological polar surface area (TPSA) is 42.2 Å². The fraction of sp³-hybridized carbons (Fsp3) is 0.600. The average molecular weight is 260 g/mol. The van der Waals surface area contributed by atoms with Crippen LogP contribution in [0.1, 0.15) is 46.0 Å². The number of unbranched alkanes of at least 4 members (excludes halogenated alkanes) is 3. The molecule has 1 N–H and O–H groups in total. The third-order valence-corrected chi connectivity index (χ3v) is 3.23. The van der Waals surface area contributed by atoms with Gasteiger partial charge in [-0.15, -0.1) is 5.10 Å². The lowest BCUT2D eigenvalue weighted by molar-refractivity contribution is 0.523. The minimum Gasteiger partial charge on any atom is -0.353 e. The van der Waals surface area contributed by atoms with Gasteiger partial charge < -0.3 is 5.32 Å². The number of nitrogens with one attached hydrogen (secondary N) is 1. The molecule has 0 bridgehead atoms. The fourth-order valence-electron chi connectivity index (χ4n) is 2.14. The zero-order valence-electron chi connectivity index (χ0n) is 12.0. The van der Waals surface area contributed by atoms with Crippen molar-refractivity contribution in [2.45, 2.75) is 46.0 Å². The Labute approximate surface area is 115 Å². The van der Waals surface area contributed by atoms with Gasteiger partial charge in [-0.2, -0.15) is 4.98 Å². The van der Waals surface area contributed by atoms with Crippen molar-refractivity contribution in [3.05, 3.63) is 24.4 Å². The van der Waals surface area contributed by atoms with Crippen LogP contribution in [0, 0.1) is 5.92 Å². The second-order valence-corrected chi connectivity index (χ2v) is 5.46. The largest absolute Gasteiger partial charge is 0.353 e. The van der Waals surface area contributed by atoms with Gasteiger partial charge in [0.15, 0.2) is 5.65 Å². The summed E-state index contributed by atoms with van der Waals surface area (Å²) in [6.45, 7) is 5.53. The Morgan fingerprint density at radius 1 is 1.16 bits per heavy atom. The van der Waals surface area contributed by atoms with Crippen LogP contribution in [0.3, 0.4) is 0 Å². The molecule has 4 nitrogen and oxygen atoms in total. The quantitative estimate of drug-likeness (QED) is 0.735. The highest BCUT2D eigenvalue weighted by Gasteiger charge is 2.01. The van der Waals surface area contributed by atoms with Crippen LogP contribution in [0.4, 0.5) is 5.95 Å². The summed E-state index contributed by atoms with van der Waals surface area (Å²) in [5, 5.41) is 7.66. The second-order valence-electron chi connectivity index (χ2n) is 5.46. The van der Waals surface area contributed by atoms with E-state index in [1.165, 1.54) is 32.1 Å². The van der Waals surface area contributed by atoms with E-state index in [1.54, 1.807) is 4.52 Å². The van der Waals surface area contributed by atoms with Gasteiger partial charge in [0, 0.05) is 12.7 Å². The Kier molecular flexibility index (Phi) is 5.19. The summed E-state index contributed by atoms with van der Waals surface area (Å²) in [5.74, 6) is 1.56. The standard InChI is InChI=1S/C15H24N4/c1-13(2)9-5-3-4-7-11-16-15-17-14-10-6-8-12-19(14)18-15/h6,8,10,12-13H,3-5,7,9,11H2,1-2H3,(H,16,18). The molecule has 2 heterocycles. The predicted octanol–water partition coefficient (Wildman–Crippen LogP) is 3.75. The first-order valence-corrected chi connectivity index (χ1v) is 7.31. The van der Waals surface area contributed by atoms with Crippen LogP contribution in [-0.4, -0.2) is 21.1 Å². The average Bonchev–Trinajstić information content (AvgIpc) is 2.79. The number of hydrogen-bond donors (Lipinski definition) is 1. The van der Waals surface area contributed by atoms with Crippen molar-refractivity contribution in [1.82, 2.24) is 14.6 Å². The molecule has 0 aliphatic rings. The van der Waals surface area contributed by atoms with Gasteiger partial charge in [0.2, 0.25) is 5.95 Å². The summed E-state index contributed by atoms with van der Waals surface area (Å²) in [6, 6.07) is 5.90. The van der Waals surface area contributed by atoms with E-state index in [2.05, 4.69) is 29.2 Å². The van der Waals surface area contributed by atoms with Crippen LogP contribution in [0.15, 0.2) is 24.4 Å². The van der Waals surface area contributed by atoms with Crippen LogP contribution >= 0.6 is 0 Å². The van der Waals surface area contributed by atoms with Crippen molar-refractivity contribution in [3.8, 4) is 0 Å². The SMILES string of the molecule is CC(C)CCCCCCNc1nc2ccccn2n1. The normalized spacial score (nSPS) is 11.3. The Bertz CT molecular complexity index is 457. The van der Waals surface area contributed by atoms with Gasteiger partial charge >= 0.3 is 0 Å². The number of fused-ring (bicyclic) bond motifs is 1. The molecule has 0 radical (unpaired) electrons. The summed E-state index contributed by atoms with van der Waals surface area (Å²) >= 11 is 0. The summed E-state index contributed by atoms with van der Waals surface area (Å²) in [5.41, 5.74) is 0.891. The van der Waals surface area contributed by atoms with Gasteiger partial charge in [-0.3, -0.25) is 0 Å². The van der Waals surface area contributed by atoms with Crippen molar-refractivity contribution in [3.63, 3.8) is 0 Å². The molecule has 0 aliphatic heterocycles. The lowest BCUT2D eigenvalue weighted by Crippen LogP contribution is -2.03. The van der Waals surface area contributed by atoms with Crippen LogP contribution in [0.2, 0.25) is 0 Å². The van der Waals surface area contributed by atoms with E-state index in [0.29, 0.717) is 0 Å². The second kappa shape index (κ2) is 7.12. The molecule has 2 aromatic rings. The first-order chi connectivity index (χ1) is 9.25. The number of pyridine rings is 1. The molecule has 0 amide bonds. The smallest absolute Gasteiger partial charge is 0.243 e. The lowest BCUT2D eigenvalue weighted by Gasteiger charge is -2.04. The number of rotatable bonds is 8. The molecule has 2 rings (SSSR count). The van der Waals surface area contributed by atoms with Crippen LogP contribution in [-0.2, 0) is 0 Å². The van der Waals surface area contributed by atoms with Crippen molar-refractivity contribution in [2.75, 3.05) is 11.9 Å². The molecule has 0 spiro atoms. The highest BCUT2D eigenvalue weighted by molar-refractivity contribution is 5.42. The van der Waals surface area contributed by atoms with E-state index in [9.17, 15) is 0 Å². The highest BCUT2D eigenvalue weighted by atomic mass is 15.3. The van der Waals surface area contributed by atoms with Gasteiger partial charge in [-0.25, -0.2) is 4.52 Å². The fourth-order valence-corrected chi connectivity index (χ4v) is 2.14. The van der Waals surface area contributed by atoms with Crippen LogP contribution < -0.4 is 5.32 Å². The zero-order valence-corrected chi connectivity index (χ0v) is 12.0. The van der Waals surface area contributed by atoms with Crippen molar-refractivity contribution >= 4 is 11.6 Å². The van der Waals surface area contributed by atoms with Gasteiger partial charge in [-0.05, 0) is 24.5 Å². The number of anilines is 1. The summed E-state index contributed by atoms with van der Waals surface area (Å²) < 4.78 is 1.80. The molecule has 4 heteroatoms. The van der Waals surface area contributed by atoms with E-state index in [-0.39, 0.29) is 0 Å². The molecule has 0 atom stereocenters. The first kappa shape index (κ1) is 13.8. The molecular weight excluding hydrogens is 236 g/mol. The van der Waals surface area contributed by atoms with Gasteiger partial charge in [0.05, 0.1) is 0 Å². The molecule has 0 fully saturated rings. The van der Waals surface area contributed by atoms with Crippen molar-refractivity contribution < 1.29 is 0 Å². The Morgan fingerprint density at radius 2 is 2.00 bits per heavy atom. The Morgan fingerprint density at radius 3 is 2.79 bits per heavy atom. The van der Waals surface area contributed by atoms with Crippen molar-refractivity contribution in [1.29, 1.82) is 0 Å². The van der Waals surface area contributed by atoms with Crippen LogP contribution in [0.25, 0.3) is 5.65 Å². The minimum absolute atomic E-state index is 0.730. The molecule has 0 aliphatic carbocycles. The predicted molar refractivity (Wildman–Crippen MR) is 79.4 cm³/mol. The van der Waals surface area contributed by atoms with Gasteiger partial charge in [-0.1, -0.05) is 45.6 Å². The third-order valence-electron chi connectivity index (χ3n) is 3.23. The summed E-state index contributed by atoms with van der Waals surface area (Å²) in [4.78, 5) is 4.41. The number of hydrogen-bond acceptors (Lipinski definition) is 3. The van der Waals surface area contributed by atoms with E-state index in [4.69, 9.17) is 0 Å². The van der Waals surface area contributed by atoms with E-state index in [0.717, 1.165) is 24.1 Å². The molecule has 0 saturated carbocycles. The maximum Gasteiger partial charge on any atom is 0.243 e. The molecule has 0 saturated heterocycles. The number of nitrogens with zero attached hydrogens (tertiary/aromatic N) is 3. The molecule has 104 valence electrons. The Hall–Kier alpha value is -1.58. The maximum atomic E-state index is 4.41. The molecule has 0 unspecified atom stereocenters. The molecule has 19 heavy (non-hydrogen) atoms. The van der Waals surface area contributed by atoms with E-state index in [1.807, 2.05) is 24.4 Å². The van der Waals surface area contributed by atoms with Crippen LogP contribution in [0.5, 0.6) is 0 Å². The highest BCUT2D eigenvalue weighted by Crippen LogP contribution is 2.10. The minimum atomic E-state index is 0.730. The van der Waals surface area contributed by atoms with Gasteiger partial charge in [0.25, 0.3) is 0 Å². The maximum absolute atomic E-state index is 4.41. The van der Waals surface area contributed by atoms with Crippen molar-refractivity contribution in [2.24, 2.45) is 5.92 Å². The first-order valence-electron chi connectivity index (χ1n) is 7.31. The molecule has 2 aromatic heterocycles. The third kappa shape index (κ3) is 4.54. The summed E-state index contributed by atoms with van der Waals surface area (Å²) in [6.07, 6.45) is 8.42. The summed E-state index contributed by atoms with van der Waals surface area (Å²) in [7, 11) is 0. The monoisotopic (exact) mass is 260 g/mol. The molecular formula is C15H24N4. The Balaban J connectivity index is 1.63. The zero-order chi connectivity index (χ0) is 13.5. The lowest BCUT2D eigenvalue weighted by atomic mass is 10.0.